The minimum absolute atomic E-state index is 0.315. The quantitative estimate of drug-likeness (QED) is 0.595. The molecule has 0 aliphatic heterocycles. The van der Waals surface area contributed by atoms with E-state index in [-0.39, 0.29) is 4.84 Å². The number of nitrogens with zero attached hydrogens (tertiary/aromatic N) is 1. The van der Waals surface area contributed by atoms with Crippen LogP contribution < -0.4 is 0 Å². The van der Waals surface area contributed by atoms with Crippen LogP contribution in [0.5, 0.6) is 0 Å². The van der Waals surface area contributed by atoms with Crippen molar-refractivity contribution in [2.45, 2.75) is 17.8 Å². The number of aromatic nitrogens is 1. The van der Waals surface area contributed by atoms with Crippen LogP contribution >= 0.6 is 23.2 Å². The lowest BCUT2D eigenvalue weighted by Gasteiger charge is -2.07. The molecule has 0 N–H and O–H groups in total. The largest absolute Gasteiger partial charge is 0.340 e. The van der Waals surface area contributed by atoms with Crippen molar-refractivity contribution < 1.29 is 0 Å². The molecular weight excluding hydrogens is 265 g/mol. The van der Waals surface area contributed by atoms with Crippen LogP contribution in [0, 0.1) is 0 Å². The predicted octanol–water partition coefficient (Wildman–Crippen LogP) is 4.99. The van der Waals surface area contributed by atoms with E-state index >= 15 is 0 Å². The molecule has 92 valence electrons. The van der Waals surface area contributed by atoms with Gasteiger partial charge in [-0.2, -0.15) is 0 Å². The van der Waals surface area contributed by atoms with Gasteiger partial charge in [0.1, 0.15) is 4.84 Å². The van der Waals surface area contributed by atoms with Crippen molar-refractivity contribution in [3.05, 3.63) is 48.5 Å². The lowest BCUT2D eigenvalue weighted by atomic mass is 10.2. The number of benzene rings is 2. The van der Waals surface area contributed by atoms with Crippen LogP contribution in [0.1, 0.15) is 6.42 Å². The Morgan fingerprint density at radius 2 is 1.33 bits per heavy atom. The van der Waals surface area contributed by atoms with Gasteiger partial charge in [-0.1, -0.05) is 36.4 Å². The van der Waals surface area contributed by atoms with Gasteiger partial charge in [0.05, 0.1) is 0 Å². The summed E-state index contributed by atoms with van der Waals surface area (Å²) in [5.41, 5.74) is 2.49. The smallest absolute Gasteiger partial charge is 0.109 e. The summed E-state index contributed by atoms with van der Waals surface area (Å²) in [5, 5.41) is 2.57. The summed E-state index contributed by atoms with van der Waals surface area (Å²) in [6.07, 6.45) is 0.756. The monoisotopic (exact) mass is 277 g/mol. The first-order chi connectivity index (χ1) is 8.77. The molecule has 3 rings (SSSR count). The molecule has 1 nitrogen and oxygen atoms in total. The lowest BCUT2D eigenvalue weighted by Crippen LogP contribution is -2.01. The standard InChI is InChI=1S/C15H13Cl2N/c16-15(17)9-10-18-13-7-3-1-5-11(13)12-6-2-4-8-14(12)18/h1-8,15H,9-10H2. The van der Waals surface area contributed by atoms with Crippen molar-refractivity contribution >= 4 is 45.0 Å². The van der Waals surface area contributed by atoms with Gasteiger partial charge in [-0.05, 0) is 18.6 Å². The van der Waals surface area contributed by atoms with Gasteiger partial charge in [0.25, 0.3) is 0 Å². The van der Waals surface area contributed by atoms with E-state index in [0.717, 1.165) is 13.0 Å². The van der Waals surface area contributed by atoms with Crippen LogP contribution in [0.25, 0.3) is 21.8 Å². The fourth-order valence-corrected chi connectivity index (χ4v) is 2.67. The fourth-order valence-electron chi connectivity index (χ4n) is 2.47. The Hall–Kier alpha value is -1.18. The zero-order chi connectivity index (χ0) is 12.5. The van der Waals surface area contributed by atoms with Crippen molar-refractivity contribution in [2.24, 2.45) is 0 Å². The van der Waals surface area contributed by atoms with Crippen molar-refractivity contribution in [2.75, 3.05) is 0 Å². The molecule has 0 aliphatic carbocycles. The Morgan fingerprint density at radius 1 is 0.833 bits per heavy atom. The molecule has 2 aromatic carbocycles. The summed E-state index contributed by atoms with van der Waals surface area (Å²) in [5.74, 6) is 0. The minimum atomic E-state index is -0.315. The summed E-state index contributed by atoms with van der Waals surface area (Å²) in [6, 6.07) is 16.9. The normalized spacial score (nSPS) is 11.7. The average Bonchev–Trinajstić information content (AvgIpc) is 2.71. The zero-order valence-corrected chi connectivity index (χ0v) is 11.3. The highest BCUT2D eigenvalue weighted by molar-refractivity contribution is 6.44. The molecular formula is C15H13Cl2N. The maximum atomic E-state index is 5.85. The summed E-state index contributed by atoms with van der Waals surface area (Å²) in [7, 11) is 0. The van der Waals surface area contributed by atoms with E-state index in [2.05, 4.69) is 53.1 Å². The van der Waals surface area contributed by atoms with Crippen LogP contribution in [0.15, 0.2) is 48.5 Å². The second-order valence-corrected chi connectivity index (χ2v) is 5.64. The second-order valence-electron chi connectivity index (χ2n) is 4.37. The topological polar surface area (TPSA) is 4.93 Å². The summed E-state index contributed by atoms with van der Waals surface area (Å²) in [4.78, 5) is -0.315. The summed E-state index contributed by atoms with van der Waals surface area (Å²) in [6.45, 7) is 0.839. The van der Waals surface area contributed by atoms with Crippen LogP contribution in [-0.2, 0) is 6.54 Å². The number of hydrogen-bond acceptors (Lipinski definition) is 0. The molecule has 1 aromatic heterocycles. The van der Waals surface area contributed by atoms with Crippen LogP contribution in [0.4, 0.5) is 0 Å². The Morgan fingerprint density at radius 3 is 1.83 bits per heavy atom. The molecule has 3 aromatic rings. The predicted molar refractivity (Wildman–Crippen MR) is 79.6 cm³/mol. The van der Waals surface area contributed by atoms with Crippen LogP contribution in [0.3, 0.4) is 0 Å². The van der Waals surface area contributed by atoms with E-state index < -0.39 is 0 Å². The third-order valence-electron chi connectivity index (χ3n) is 3.25. The molecule has 0 bridgehead atoms. The third kappa shape index (κ3) is 1.98. The van der Waals surface area contributed by atoms with E-state index in [1.807, 2.05) is 0 Å². The van der Waals surface area contributed by atoms with E-state index in [1.165, 1.54) is 21.8 Å². The van der Waals surface area contributed by atoms with Gasteiger partial charge in [-0.25, -0.2) is 0 Å². The maximum Gasteiger partial charge on any atom is 0.109 e. The van der Waals surface area contributed by atoms with Gasteiger partial charge < -0.3 is 4.57 Å². The van der Waals surface area contributed by atoms with Gasteiger partial charge >= 0.3 is 0 Å². The van der Waals surface area contributed by atoms with Gasteiger partial charge in [0, 0.05) is 28.4 Å². The van der Waals surface area contributed by atoms with Gasteiger partial charge in [0.2, 0.25) is 0 Å². The minimum Gasteiger partial charge on any atom is -0.340 e. The second kappa shape index (κ2) is 4.83. The number of halogens is 2. The molecule has 0 spiro atoms. The van der Waals surface area contributed by atoms with Gasteiger partial charge in [-0.3, -0.25) is 0 Å². The Balaban J connectivity index is 2.24. The molecule has 0 amide bonds. The molecule has 0 saturated heterocycles. The first-order valence-corrected chi connectivity index (χ1v) is 6.89. The van der Waals surface area contributed by atoms with Crippen LogP contribution in [-0.4, -0.2) is 9.40 Å². The number of fused-ring (bicyclic) bond motifs is 3. The van der Waals surface area contributed by atoms with E-state index in [4.69, 9.17) is 23.2 Å². The highest BCUT2D eigenvalue weighted by Gasteiger charge is 2.10. The highest BCUT2D eigenvalue weighted by Crippen LogP contribution is 2.29. The maximum absolute atomic E-state index is 5.85. The van der Waals surface area contributed by atoms with Crippen LogP contribution in [0.2, 0.25) is 0 Å². The van der Waals surface area contributed by atoms with E-state index in [1.54, 1.807) is 0 Å². The zero-order valence-electron chi connectivity index (χ0n) is 9.81. The number of alkyl halides is 2. The van der Waals surface area contributed by atoms with Crippen molar-refractivity contribution in [3.63, 3.8) is 0 Å². The molecule has 0 aliphatic rings. The molecule has 3 heteroatoms. The Bertz CT molecular complexity index is 632. The van der Waals surface area contributed by atoms with Gasteiger partial charge in [0.15, 0.2) is 0 Å². The Kier molecular flexibility index (Phi) is 3.19. The summed E-state index contributed by atoms with van der Waals surface area (Å²) >= 11 is 11.7. The Labute approximate surface area is 116 Å². The molecule has 0 fully saturated rings. The fraction of sp³-hybridized carbons (Fsp3) is 0.200. The molecule has 0 saturated carbocycles. The van der Waals surface area contributed by atoms with Crippen molar-refractivity contribution in [3.8, 4) is 0 Å². The summed E-state index contributed by atoms with van der Waals surface area (Å²) < 4.78 is 2.29. The average molecular weight is 278 g/mol. The van der Waals surface area contributed by atoms with E-state index in [0.29, 0.717) is 0 Å². The number of hydrogen-bond donors (Lipinski definition) is 0. The third-order valence-corrected chi connectivity index (χ3v) is 3.69. The lowest BCUT2D eigenvalue weighted by molar-refractivity contribution is 0.711. The highest BCUT2D eigenvalue weighted by atomic mass is 35.5. The number of para-hydroxylation sites is 2. The number of rotatable bonds is 3. The molecule has 1 heterocycles. The number of aryl methyl sites for hydroxylation is 1. The van der Waals surface area contributed by atoms with E-state index in [9.17, 15) is 0 Å². The van der Waals surface area contributed by atoms with Crippen molar-refractivity contribution in [1.82, 2.24) is 4.57 Å². The van der Waals surface area contributed by atoms with Crippen molar-refractivity contribution in [1.29, 1.82) is 0 Å². The van der Waals surface area contributed by atoms with Gasteiger partial charge in [-0.15, -0.1) is 23.2 Å². The molecule has 0 radical (unpaired) electrons. The SMILES string of the molecule is ClC(Cl)CCn1c2ccccc2c2ccccc21. The molecule has 0 unspecified atom stereocenters. The first-order valence-electron chi connectivity index (χ1n) is 6.01. The first kappa shape index (κ1) is 11.9. The molecule has 0 atom stereocenters. The molecule has 18 heavy (non-hydrogen) atoms.